The number of imidazole rings is 1. The van der Waals surface area contributed by atoms with Crippen molar-refractivity contribution in [1.29, 1.82) is 0 Å². The Balaban J connectivity index is 2.10. The number of aryl methyl sites for hydroxylation is 1. The lowest BCUT2D eigenvalue weighted by Crippen LogP contribution is -1.96. The maximum atomic E-state index is 5.94. The molecule has 1 aromatic heterocycles. The van der Waals surface area contributed by atoms with E-state index in [1.165, 1.54) is 10.5 Å². The van der Waals surface area contributed by atoms with Crippen molar-refractivity contribution in [3.8, 4) is 0 Å². The first-order chi connectivity index (χ1) is 8.08. The molecule has 3 nitrogen and oxygen atoms in total. The number of thioether (sulfide) groups is 1. The molecule has 0 aliphatic carbocycles. The van der Waals surface area contributed by atoms with E-state index in [2.05, 4.69) is 11.9 Å². The maximum Gasteiger partial charge on any atom is 0.128 e. The largest absolute Gasteiger partial charge is 0.399 e. The Morgan fingerprint density at radius 2 is 2.24 bits per heavy atom. The van der Waals surface area contributed by atoms with Crippen LogP contribution in [-0.2, 0) is 12.8 Å². The number of hydrogen-bond acceptors (Lipinski definition) is 3. The van der Waals surface area contributed by atoms with Crippen molar-refractivity contribution in [2.75, 3.05) is 5.73 Å². The number of nitrogen functional groups attached to an aromatic ring is 1. The summed E-state index contributed by atoms with van der Waals surface area (Å²) in [6.45, 7) is 2.06. The number of halogens is 1. The van der Waals surface area contributed by atoms with Crippen molar-refractivity contribution >= 4 is 29.1 Å². The summed E-state index contributed by atoms with van der Waals surface area (Å²) < 4.78 is 1.89. The molecule has 1 heterocycles. The molecule has 0 radical (unpaired) electrons. The average molecular weight is 268 g/mol. The molecule has 0 amide bonds. The molecule has 0 aliphatic rings. The van der Waals surface area contributed by atoms with Crippen LogP contribution in [0.5, 0.6) is 0 Å². The minimum absolute atomic E-state index is 0.662. The molecule has 2 N–H and O–H groups in total. The second-order valence-electron chi connectivity index (χ2n) is 3.87. The van der Waals surface area contributed by atoms with Gasteiger partial charge in [-0.15, -0.1) is 11.8 Å². The van der Waals surface area contributed by atoms with Gasteiger partial charge in [0.15, 0.2) is 0 Å². The van der Waals surface area contributed by atoms with Gasteiger partial charge in [0.1, 0.15) is 11.0 Å². The van der Waals surface area contributed by atoms with E-state index in [4.69, 9.17) is 17.3 Å². The second kappa shape index (κ2) is 5.02. The summed E-state index contributed by atoms with van der Waals surface area (Å²) in [5, 5.41) is 0.662. The third-order valence-corrected chi connectivity index (χ3v) is 4.11. The molecule has 0 bridgehead atoms. The smallest absolute Gasteiger partial charge is 0.128 e. The van der Waals surface area contributed by atoms with Gasteiger partial charge >= 0.3 is 0 Å². The molecule has 0 saturated carbocycles. The van der Waals surface area contributed by atoms with Crippen LogP contribution in [0.4, 0.5) is 5.69 Å². The van der Waals surface area contributed by atoms with Crippen molar-refractivity contribution in [1.82, 2.24) is 9.55 Å². The fourth-order valence-corrected chi connectivity index (χ4v) is 2.69. The van der Waals surface area contributed by atoms with Crippen LogP contribution in [0.25, 0.3) is 0 Å². The highest BCUT2D eigenvalue weighted by molar-refractivity contribution is 7.98. The molecule has 0 saturated heterocycles. The fraction of sp³-hybridized carbons (Fsp3) is 0.250. The van der Waals surface area contributed by atoms with E-state index in [0.717, 1.165) is 17.3 Å². The summed E-state index contributed by atoms with van der Waals surface area (Å²) in [7, 11) is 1.92. The summed E-state index contributed by atoms with van der Waals surface area (Å²) in [5.41, 5.74) is 7.71. The third kappa shape index (κ3) is 2.76. The lowest BCUT2D eigenvalue weighted by molar-refractivity contribution is 0.850. The molecular formula is C12H14ClN3S. The van der Waals surface area contributed by atoms with Gasteiger partial charge in [-0.05, 0) is 30.7 Å². The highest BCUT2D eigenvalue weighted by Gasteiger charge is 2.06. The Labute approximate surface area is 110 Å². The molecule has 17 heavy (non-hydrogen) atoms. The minimum Gasteiger partial charge on any atom is -0.399 e. The number of nitrogens with two attached hydrogens (primary N) is 1. The summed E-state index contributed by atoms with van der Waals surface area (Å²) in [6.07, 6.45) is 1.67. The average Bonchev–Trinajstić information content (AvgIpc) is 2.59. The van der Waals surface area contributed by atoms with Gasteiger partial charge in [0.2, 0.25) is 0 Å². The van der Waals surface area contributed by atoms with Gasteiger partial charge < -0.3 is 10.3 Å². The van der Waals surface area contributed by atoms with Gasteiger partial charge in [-0.2, -0.15) is 0 Å². The van der Waals surface area contributed by atoms with Gasteiger partial charge in [0, 0.05) is 17.6 Å². The molecule has 2 rings (SSSR count). The van der Waals surface area contributed by atoms with Crippen molar-refractivity contribution in [3.63, 3.8) is 0 Å². The van der Waals surface area contributed by atoms with E-state index in [-0.39, 0.29) is 0 Å². The first-order valence-corrected chi connectivity index (χ1v) is 6.59. The molecule has 0 unspecified atom stereocenters. The maximum absolute atomic E-state index is 5.94. The predicted molar refractivity (Wildman–Crippen MR) is 73.4 cm³/mol. The van der Waals surface area contributed by atoms with E-state index in [0.29, 0.717) is 5.15 Å². The molecule has 1 aromatic carbocycles. The quantitative estimate of drug-likeness (QED) is 0.686. The number of nitrogens with zero attached hydrogens (tertiary/aromatic N) is 2. The van der Waals surface area contributed by atoms with Gasteiger partial charge in [0.25, 0.3) is 0 Å². The molecule has 2 aromatic rings. The first kappa shape index (κ1) is 12.3. The molecule has 0 atom stereocenters. The Morgan fingerprint density at radius 1 is 1.47 bits per heavy atom. The summed E-state index contributed by atoms with van der Waals surface area (Å²) in [4.78, 5) is 5.48. The lowest BCUT2D eigenvalue weighted by Gasteiger charge is -2.06. The first-order valence-electron chi connectivity index (χ1n) is 5.23. The molecule has 0 fully saturated rings. The van der Waals surface area contributed by atoms with E-state index in [9.17, 15) is 0 Å². The molecule has 5 heteroatoms. The van der Waals surface area contributed by atoms with E-state index in [1.807, 2.05) is 29.8 Å². The standard InChI is InChI=1S/C12H14ClN3S/c1-8-5-9(14)3-4-10(8)17-7-12-15-6-11(13)16(12)2/h3-6H,7,14H2,1-2H3. The van der Waals surface area contributed by atoms with Gasteiger partial charge in [-0.3, -0.25) is 0 Å². The van der Waals surface area contributed by atoms with Gasteiger partial charge in [-0.25, -0.2) is 4.98 Å². The topological polar surface area (TPSA) is 43.8 Å². The van der Waals surface area contributed by atoms with Crippen molar-refractivity contribution in [2.24, 2.45) is 7.05 Å². The zero-order chi connectivity index (χ0) is 12.4. The number of hydrogen-bond donors (Lipinski definition) is 1. The van der Waals surface area contributed by atoms with Crippen LogP contribution in [0.15, 0.2) is 29.3 Å². The van der Waals surface area contributed by atoms with E-state index >= 15 is 0 Å². The predicted octanol–water partition coefficient (Wildman–Crippen LogP) is 3.26. The number of aromatic nitrogens is 2. The van der Waals surface area contributed by atoms with Crippen LogP contribution < -0.4 is 5.73 Å². The molecule has 90 valence electrons. The highest BCUT2D eigenvalue weighted by atomic mass is 35.5. The molecule has 0 aliphatic heterocycles. The van der Waals surface area contributed by atoms with Crippen molar-refractivity contribution in [3.05, 3.63) is 40.9 Å². The fourth-order valence-electron chi connectivity index (χ4n) is 1.54. The van der Waals surface area contributed by atoms with Crippen LogP contribution in [0.1, 0.15) is 11.4 Å². The summed E-state index contributed by atoms with van der Waals surface area (Å²) in [6, 6.07) is 5.94. The minimum atomic E-state index is 0.662. The molecular weight excluding hydrogens is 254 g/mol. The van der Waals surface area contributed by atoms with Crippen LogP contribution in [0.3, 0.4) is 0 Å². The van der Waals surface area contributed by atoms with Crippen LogP contribution in [0, 0.1) is 6.92 Å². The van der Waals surface area contributed by atoms with Gasteiger partial charge in [0.05, 0.1) is 11.9 Å². The van der Waals surface area contributed by atoms with E-state index in [1.54, 1.807) is 18.0 Å². The second-order valence-corrected chi connectivity index (χ2v) is 5.27. The zero-order valence-corrected chi connectivity index (χ0v) is 11.3. The summed E-state index contributed by atoms with van der Waals surface area (Å²) >= 11 is 7.68. The monoisotopic (exact) mass is 267 g/mol. The van der Waals surface area contributed by atoms with Gasteiger partial charge in [-0.1, -0.05) is 11.6 Å². The van der Waals surface area contributed by atoms with E-state index < -0.39 is 0 Å². The highest BCUT2D eigenvalue weighted by Crippen LogP contribution is 2.27. The third-order valence-electron chi connectivity index (χ3n) is 2.58. The number of rotatable bonds is 3. The summed E-state index contributed by atoms with van der Waals surface area (Å²) in [5.74, 6) is 1.77. The normalized spacial score (nSPS) is 10.8. The Kier molecular flexibility index (Phi) is 3.64. The van der Waals surface area contributed by atoms with Crippen LogP contribution >= 0.6 is 23.4 Å². The number of anilines is 1. The number of benzene rings is 1. The Bertz CT molecular complexity index is 537. The SMILES string of the molecule is Cc1cc(N)ccc1SCc1ncc(Cl)n1C. The molecule has 0 spiro atoms. The van der Waals surface area contributed by atoms with Crippen LogP contribution in [-0.4, -0.2) is 9.55 Å². The Morgan fingerprint density at radius 3 is 2.82 bits per heavy atom. The van der Waals surface area contributed by atoms with Crippen molar-refractivity contribution < 1.29 is 0 Å². The zero-order valence-electron chi connectivity index (χ0n) is 9.77. The Hall–Kier alpha value is -1.13. The van der Waals surface area contributed by atoms with Crippen molar-refractivity contribution in [2.45, 2.75) is 17.6 Å². The van der Waals surface area contributed by atoms with Crippen LogP contribution in [0.2, 0.25) is 5.15 Å². The lowest BCUT2D eigenvalue weighted by atomic mass is 10.2.